The van der Waals surface area contributed by atoms with Crippen molar-refractivity contribution in [1.82, 2.24) is 20.2 Å². The largest absolute Gasteiger partial charge is 0.409 e. The van der Waals surface area contributed by atoms with Crippen LogP contribution in [0.2, 0.25) is 0 Å². The number of tetrazole rings is 1. The van der Waals surface area contributed by atoms with Gasteiger partial charge in [0, 0.05) is 5.41 Å². The molecule has 0 radical (unpaired) electrons. The first-order chi connectivity index (χ1) is 6.49. The van der Waals surface area contributed by atoms with E-state index in [1.165, 1.54) is 16.6 Å². The van der Waals surface area contributed by atoms with E-state index in [1.807, 2.05) is 27.0 Å². The number of oxime groups is 1. The maximum atomic E-state index is 8.85. The fraction of sp³-hybridized carbons (Fsp3) is 0.714. The van der Waals surface area contributed by atoms with Gasteiger partial charge in [-0.1, -0.05) is 37.7 Å². The zero-order valence-electron chi connectivity index (χ0n) is 8.59. The summed E-state index contributed by atoms with van der Waals surface area (Å²) in [4.78, 5) is 1.24. The standard InChI is InChI=1S/C7H13N5OS/c1-7(2,3)5(10-13)12-9-6(14-4)8-11-12/h13H,1-4H3/b10-5-. The molecule has 0 aliphatic heterocycles. The Bertz CT molecular complexity index is 340. The topological polar surface area (TPSA) is 76.2 Å². The van der Waals surface area contributed by atoms with E-state index >= 15 is 0 Å². The molecular formula is C7H13N5OS. The van der Waals surface area contributed by atoms with Crippen molar-refractivity contribution < 1.29 is 5.21 Å². The summed E-state index contributed by atoms with van der Waals surface area (Å²) in [7, 11) is 0. The molecule has 0 unspecified atom stereocenters. The minimum Gasteiger partial charge on any atom is -0.409 e. The summed E-state index contributed by atoms with van der Waals surface area (Å²) in [6.45, 7) is 5.72. The summed E-state index contributed by atoms with van der Waals surface area (Å²) < 4.78 is 0. The van der Waals surface area contributed by atoms with Crippen LogP contribution in [-0.4, -0.2) is 37.5 Å². The Morgan fingerprint density at radius 3 is 2.50 bits per heavy atom. The number of hydrogen-bond donors (Lipinski definition) is 1. The summed E-state index contributed by atoms with van der Waals surface area (Å²) in [5.74, 6) is 0.366. The summed E-state index contributed by atoms with van der Waals surface area (Å²) in [5, 5.41) is 24.2. The predicted molar refractivity (Wildman–Crippen MR) is 53.7 cm³/mol. The third-order valence-corrected chi connectivity index (χ3v) is 2.06. The average Bonchev–Trinajstić information content (AvgIpc) is 2.51. The molecule has 1 aromatic rings. The highest BCUT2D eigenvalue weighted by Crippen LogP contribution is 2.16. The van der Waals surface area contributed by atoms with Crippen molar-refractivity contribution in [2.24, 2.45) is 10.6 Å². The molecule has 0 aliphatic rings. The van der Waals surface area contributed by atoms with Crippen molar-refractivity contribution >= 4 is 17.6 Å². The molecule has 0 fully saturated rings. The Balaban J connectivity index is 3.03. The Kier molecular flexibility index (Phi) is 3.10. The lowest BCUT2D eigenvalue weighted by Gasteiger charge is -2.17. The molecule has 1 aromatic heterocycles. The molecule has 0 saturated carbocycles. The molecule has 0 amide bonds. The molecule has 6 nitrogen and oxygen atoms in total. The fourth-order valence-electron chi connectivity index (χ4n) is 0.863. The lowest BCUT2D eigenvalue weighted by atomic mass is 9.95. The van der Waals surface area contributed by atoms with Crippen LogP contribution in [0.15, 0.2) is 10.3 Å². The minimum atomic E-state index is -0.328. The molecule has 0 aliphatic carbocycles. The van der Waals surface area contributed by atoms with E-state index in [1.54, 1.807) is 0 Å². The van der Waals surface area contributed by atoms with Crippen molar-refractivity contribution in [3.8, 4) is 0 Å². The van der Waals surface area contributed by atoms with Gasteiger partial charge in [0.2, 0.25) is 5.16 Å². The molecular weight excluding hydrogens is 202 g/mol. The van der Waals surface area contributed by atoms with Gasteiger partial charge in [-0.15, -0.1) is 15.0 Å². The number of nitrogens with zero attached hydrogens (tertiary/aromatic N) is 5. The van der Waals surface area contributed by atoms with Gasteiger partial charge in [0.05, 0.1) is 0 Å². The van der Waals surface area contributed by atoms with Gasteiger partial charge in [0.1, 0.15) is 0 Å². The number of thioether (sulfide) groups is 1. The third kappa shape index (κ3) is 2.22. The molecule has 0 bridgehead atoms. The van der Waals surface area contributed by atoms with Crippen LogP contribution in [0.5, 0.6) is 0 Å². The van der Waals surface area contributed by atoms with E-state index in [2.05, 4.69) is 20.6 Å². The van der Waals surface area contributed by atoms with E-state index in [0.29, 0.717) is 11.0 Å². The molecule has 1 heterocycles. The Hall–Kier alpha value is -1.11. The lowest BCUT2D eigenvalue weighted by Crippen LogP contribution is -2.30. The molecule has 7 heteroatoms. The molecule has 0 saturated heterocycles. The normalized spacial score (nSPS) is 13.3. The van der Waals surface area contributed by atoms with Gasteiger partial charge in [-0.05, 0) is 11.5 Å². The number of aromatic nitrogens is 4. The van der Waals surface area contributed by atoms with E-state index in [9.17, 15) is 0 Å². The second-order valence-corrected chi connectivity index (χ2v) is 4.51. The Labute approximate surface area is 86.4 Å². The summed E-state index contributed by atoms with van der Waals surface area (Å²) >= 11 is 1.39. The highest BCUT2D eigenvalue weighted by atomic mass is 32.2. The van der Waals surface area contributed by atoms with Crippen LogP contribution in [-0.2, 0) is 0 Å². The van der Waals surface area contributed by atoms with Crippen molar-refractivity contribution in [3.63, 3.8) is 0 Å². The second-order valence-electron chi connectivity index (χ2n) is 3.74. The van der Waals surface area contributed by atoms with Crippen molar-refractivity contribution in [1.29, 1.82) is 0 Å². The molecule has 14 heavy (non-hydrogen) atoms. The van der Waals surface area contributed by atoms with E-state index in [-0.39, 0.29) is 5.41 Å². The van der Waals surface area contributed by atoms with Gasteiger partial charge >= 0.3 is 0 Å². The molecule has 0 aromatic carbocycles. The monoisotopic (exact) mass is 215 g/mol. The first-order valence-corrected chi connectivity index (χ1v) is 5.28. The molecule has 0 spiro atoms. The summed E-state index contributed by atoms with van der Waals surface area (Å²) in [6, 6.07) is 0. The highest BCUT2D eigenvalue weighted by molar-refractivity contribution is 7.98. The third-order valence-electron chi connectivity index (χ3n) is 1.53. The second kappa shape index (κ2) is 3.95. The van der Waals surface area contributed by atoms with Gasteiger partial charge in [0.15, 0.2) is 5.84 Å². The molecule has 1 rings (SSSR count). The lowest BCUT2D eigenvalue weighted by molar-refractivity contribution is 0.304. The minimum absolute atomic E-state index is 0.328. The van der Waals surface area contributed by atoms with Crippen LogP contribution >= 0.6 is 11.8 Å². The Morgan fingerprint density at radius 1 is 1.50 bits per heavy atom. The zero-order valence-corrected chi connectivity index (χ0v) is 9.41. The summed E-state index contributed by atoms with van der Waals surface area (Å²) in [5.41, 5.74) is -0.328. The van der Waals surface area contributed by atoms with Crippen LogP contribution in [0, 0.1) is 5.41 Å². The fourth-order valence-corrected chi connectivity index (χ4v) is 1.14. The smallest absolute Gasteiger partial charge is 0.231 e. The van der Waals surface area contributed by atoms with E-state index in [0.717, 1.165) is 0 Å². The maximum Gasteiger partial charge on any atom is 0.231 e. The van der Waals surface area contributed by atoms with Gasteiger partial charge in [-0.3, -0.25) is 0 Å². The van der Waals surface area contributed by atoms with Crippen LogP contribution in [0.25, 0.3) is 0 Å². The average molecular weight is 215 g/mol. The van der Waals surface area contributed by atoms with Gasteiger partial charge < -0.3 is 5.21 Å². The molecule has 0 atom stereocenters. The quantitative estimate of drug-likeness (QED) is 0.249. The van der Waals surface area contributed by atoms with E-state index < -0.39 is 0 Å². The molecule has 1 N–H and O–H groups in total. The predicted octanol–water partition coefficient (Wildman–Crippen LogP) is 1.08. The van der Waals surface area contributed by atoms with Crippen molar-refractivity contribution in [2.45, 2.75) is 25.9 Å². The Morgan fingerprint density at radius 2 is 2.14 bits per heavy atom. The number of hydrogen-bond acceptors (Lipinski definition) is 6. The zero-order chi connectivity index (χ0) is 10.8. The van der Waals surface area contributed by atoms with Crippen LogP contribution in [0.4, 0.5) is 0 Å². The van der Waals surface area contributed by atoms with E-state index in [4.69, 9.17) is 5.21 Å². The highest BCUT2D eigenvalue weighted by Gasteiger charge is 2.24. The number of rotatable bonds is 1. The first-order valence-electron chi connectivity index (χ1n) is 4.06. The van der Waals surface area contributed by atoms with Crippen LogP contribution in [0.1, 0.15) is 20.8 Å². The van der Waals surface area contributed by atoms with Gasteiger partial charge in [0.25, 0.3) is 0 Å². The van der Waals surface area contributed by atoms with Crippen molar-refractivity contribution in [2.75, 3.05) is 6.26 Å². The molecule has 78 valence electrons. The van der Waals surface area contributed by atoms with Crippen LogP contribution < -0.4 is 0 Å². The van der Waals surface area contributed by atoms with Crippen LogP contribution in [0.3, 0.4) is 0 Å². The van der Waals surface area contributed by atoms with Gasteiger partial charge in [-0.2, -0.15) is 0 Å². The SMILES string of the molecule is CSc1nnn(/C(=N\O)C(C)(C)C)n1. The maximum absolute atomic E-state index is 8.85. The summed E-state index contributed by atoms with van der Waals surface area (Å²) in [6.07, 6.45) is 1.86. The van der Waals surface area contributed by atoms with Crippen molar-refractivity contribution in [3.05, 3.63) is 0 Å². The first kappa shape index (κ1) is 11.0. The van der Waals surface area contributed by atoms with Gasteiger partial charge in [-0.25, -0.2) is 0 Å².